The minimum absolute atomic E-state index is 0.303. The molecule has 0 atom stereocenters. The number of carbonyl (C=O) groups is 1. The minimum atomic E-state index is -0.303. The van der Waals surface area contributed by atoms with Crippen molar-refractivity contribution in [2.24, 2.45) is 0 Å². The number of hydrogen-bond acceptors (Lipinski definition) is 5. The standard InChI is InChI=1S/C11H15N3O2/c1-4-9(11(15)16-5-2)8(3)10-13-6-12-7-14-10/h6-7H,4-5H2,1-3H3. The molecule has 5 nitrogen and oxygen atoms in total. The zero-order chi connectivity index (χ0) is 12.0. The maximum atomic E-state index is 11.6. The molecule has 0 fully saturated rings. The summed E-state index contributed by atoms with van der Waals surface area (Å²) in [5.41, 5.74) is 1.34. The van der Waals surface area contributed by atoms with Gasteiger partial charge in [0.15, 0.2) is 5.82 Å². The molecule has 0 bridgehead atoms. The van der Waals surface area contributed by atoms with Crippen molar-refractivity contribution in [2.75, 3.05) is 6.61 Å². The molecule has 1 rings (SSSR count). The van der Waals surface area contributed by atoms with Crippen LogP contribution in [0.25, 0.3) is 5.57 Å². The summed E-state index contributed by atoms with van der Waals surface area (Å²) >= 11 is 0. The summed E-state index contributed by atoms with van der Waals surface area (Å²) in [6.45, 7) is 5.86. The second-order valence-electron chi connectivity index (χ2n) is 3.14. The number of hydrogen-bond donors (Lipinski definition) is 0. The van der Waals surface area contributed by atoms with Crippen LogP contribution in [0.1, 0.15) is 33.0 Å². The first-order chi connectivity index (χ1) is 7.70. The van der Waals surface area contributed by atoms with Crippen LogP contribution >= 0.6 is 0 Å². The highest BCUT2D eigenvalue weighted by Gasteiger charge is 2.14. The Labute approximate surface area is 94.6 Å². The van der Waals surface area contributed by atoms with Gasteiger partial charge >= 0.3 is 5.97 Å². The third kappa shape index (κ3) is 2.85. The lowest BCUT2D eigenvalue weighted by atomic mass is 10.1. The van der Waals surface area contributed by atoms with Crippen LogP contribution in [0.3, 0.4) is 0 Å². The fourth-order valence-electron chi connectivity index (χ4n) is 1.35. The van der Waals surface area contributed by atoms with E-state index < -0.39 is 0 Å². The maximum absolute atomic E-state index is 11.6. The zero-order valence-electron chi connectivity index (χ0n) is 9.73. The second kappa shape index (κ2) is 5.95. The molecule has 0 saturated carbocycles. The van der Waals surface area contributed by atoms with Gasteiger partial charge in [0.05, 0.1) is 6.61 Å². The van der Waals surface area contributed by atoms with Gasteiger partial charge in [-0.3, -0.25) is 0 Å². The summed E-state index contributed by atoms with van der Waals surface area (Å²) in [6, 6.07) is 0. The molecule has 0 N–H and O–H groups in total. The summed E-state index contributed by atoms with van der Waals surface area (Å²) in [4.78, 5) is 23.4. The molecule has 0 aliphatic heterocycles. The fraction of sp³-hybridized carbons (Fsp3) is 0.455. The Bertz CT molecular complexity index is 387. The van der Waals surface area contributed by atoms with E-state index in [0.29, 0.717) is 24.4 Å². The van der Waals surface area contributed by atoms with Crippen LogP contribution in [0.2, 0.25) is 0 Å². The lowest BCUT2D eigenvalue weighted by Gasteiger charge is -2.08. The molecule has 5 heteroatoms. The second-order valence-corrected chi connectivity index (χ2v) is 3.14. The van der Waals surface area contributed by atoms with Crippen molar-refractivity contribution in [3.63, 3.8) is 0 Å². The van der Waals surface area contributed by atoms with Crippen molar-refractivity contribution in [3.05, 3.63) is 24.1 Å². The molecule has 16 heavy (non-hydrogen) atoms. The highest BCUT2D eigenvalue weighted by molar-refractivity contribution is 5.96. The van der Waals surface area contributed by atoms with Crippen LogP contribution < -0.4 is 0 Å². The number of carbonyl (C=O) groups excluding carboxylic acids is 1. The van der Waals surface area contributed by atoms with Crippen LogP contribution in [0.4, 0.5) is 0 Å². The summed E-state index contributed by atoms with van der Waals surface area (Å²) in [6.07, 6.45) is 3.41. The average Bonchev–Trinajstić information content (AvgIpc) is 2.31. The molecule has 1 heterocycles. The molecule has 0 amide bonds. The number of allylic oxidation sites excluding steroid dienone is 1. The molecule has 0 aromatic carbocycles. The van der Waals surface area contributed by atoms with E-state index in [4.69, 9.17) is 4.74 Å². The van der Waals surface area contributed by atoms with E-state index in [0.717, 1.165) is 5.57 Å². The van der Waals surface area contributed by atoms with E-state index in [2.05, 4.69) is 15.0 Å². The van der Waals surface area contributed by atoms with Gasteiger partial charge in [-0.25, -0.2) is 19.7 Å². The third-order valence-corrected chi connectivity index (χ3v) is 2.16. The molecule has 1 aromatic heterocycles. The van der Waals surface area contributed by atoms with Crippen LogP contribution in [0.15, 0.2) is 18.2 Å². The zero-order valence-corrected chi connectivity index (χ0v) is 9.73. The molecule has 0 aliphatic carbocycles. The fourth-order valence-corrected chi connectivity index (χ4v) is 1.35. The predicted molar refractivity (Wildman–Crippen MR) is 59.3 cm³/mol. The van der Waals surface area contributed by atoms with Crippen molar-refractivity contribution in [2.45, 2.75) is 27.2 Å². The number of aromatic nitrogens is 3. The normalized spacial score (nSPS) is 11.9. The molecular weight excluding hydrogens is 206 g/mol. The van der Waals surface area contributed by atoms with Crippen molar-refractivity contribution in [1.29, 1.82) is 0 Å². The Morgan fingerprint density at radius 1 is 1.31 bits per heavy atom. The first kappa shape index (κ1) is 12.3. The highest BCUT2D eigenvalue weighted by atomic mass is 16.5. The van der Waals surface area contributed by atoms with Gasteiger partial charge in [0.25, 0.3) is 0 Å². The SMILES string of the molecule is CCOC(=O)C(CC)=C(C)c1ncncn1. The van der Waals surface area contributed by atoms with E-state index in [1.165, 1.54) is 12.7 Å². The summed E-state index contributed by atoms with van der Waals surface area (Å²) in [7, 11) is 0. The molecule has 0 unspecified atom stereocenters. The number of rotatable bonds is 4. The lowest BCUT2D eigenvalue weighted by molar-refractivity contribution is -0.138. The van der Waals surface area contributed by atoms with Crippen molar-refractivity contribution < 1.29 is 9.53 Å². The monoisotopic (exact) mass is 221 g/mol. The lowest BCUT2D eigenvalue weighted by Crippen LogP contribution is -2.09. The highest BCUT2D eigenvalue weighted by Crippen LogP contribution is 2.17. The maximum Gasteiger partial charge on any atom is 0.334 e. The van der Waals surface area contributed by atoms with Gasteiger partial charge in [-0.05, 0) is 20.3 Å². The van der Waals surface area contributed by atoms with Gasteiger partial charge in [-0.1, -0.05) is 6.92 Å². The van der Waals surface area contributed by atoms with E-state index in [9.17, 15) is 4.79 Å². The van der Waals surface area contributed by atoms with Gasteiger partial charge in [0, 0.05) is 11.1 Å². The molecule has 0 saturated heterocycles. The van der Waals surface area contributed by atoms with Crippen LogP contribution in [-0.2, 0) is 9.53 Å². The first-order valence-electron chi connectivity index (χ1n) is 5.19. The number of ether oxygens (including phenoxy) is 1. The van der Waals surface area contributed by atoms with Gasteiger partial charge in [-0.15, -0.1) is 0 Å². The summed E-state index contributed by atoms with van der Waals surface area (Å²) in [5.74, 6) is 0.211. The topological polar surface area (TPSA) is 65.0 Å². The van der Waals surface area contributed by atoms with Gasteiger partial charge in [0.2, 0.25) is 0 Å². The molecule has 0 aliphatic rings. The average molecular weight is 221 g/mol. The summed E-state index contributed by atoms with van der Waals surface area (Å²) in [5, 5.41) is 0. The van der Waals surface area contributed by atoms with E-state index in [1.54, 1.807) is 6.92 Å². The quantitative estimate of drug-likeness (QED) is 0.571. The van der Waals surface area contributed by atoms with Crippen LogP contribution in [0.5, 0.6) is 0 Å². The molecule has 0 radical (unpaired) electrons. The minimum Gasteiger partial charge on any atom is -0.463 e. The summed E-state index contributed by atoms with van der Waals surface area (Å²) < 4.78 is 4.97. The van der Waals surface area contributed by atoms with Gasteiger partial charge in [0.1, 0.15) is 12.7 Å². The smallest absolute Gasteiger partial charge is 0.334 e. The van der Waals surface area contributed by atoms with Crippen LogP contribution in [-0.4, -0.2) is 27.5 Å². The van der Waals surface area contributed by atoms with Crippen molar-refractivity contribution in [3.8, 4) is 0 Å². The molecule has 0 spiro atoms. The van der Waals surface area contributed by atoms with E-state index >= 15 is 0 Å². The van der Waals surface area contributed by atoms with Gasteiger partial charge in [-0.2, -0.15) is 0 Å². The van der Waals surface area contributed by atoms with Crippen molar-refractivity contribution in [1.82, 2.24) is 15.0 Å². The van der Waals surface area contributed by atoms with E-state index in [-0.39, 0.29) is 5.97 Å². The predicted octanol–water partition coefficient (Wildman–Crippen LogP) is 1.62. The number of nitrogens with zero attached hydrogens (tertiary/aromatic N) is 3. The van der Waals surface area contributed by atoms with Crippen LogP contribution in [0, 0.1) is 0 Å². The first-order valence-corrected chi connectivity index (χ1v) is 5.19. The van der Waals surface area contributed by atoms with Gasteiger partial charge < -0.3 is 4.74 Å². The molecule has 86 valence electrons. The Morgan fingerprint density at radius 3 is 2.44 bits per heavy atom. The Morgan fingerprint density at radius 2 is 1.94 bits per heavy atom. The van der Waals surface area contributed by atoms with Crippen molar-refractivity contribution >= 4 is 11.5 Å². The van der Waals surface area contributed by atoms with E-state index in [1.807, 2.05) is 13.8 Å². The Kier molecular flexibility index (Phi) is 4.57. The third-order valence-electron chi connectivity index (χ3n) is 2.16. The molecule has 1 aromatic rings. The Balaban J connectivity index is 3.04. The largest absolute Gasteiger partial charge is 0.463 e. The molecular formula is C11H15N3O2. The Hall–Kier alpha value is -1.78. The number of esters is 1.